The molecule has 5 heteroatoms. The Balaban J connectivity index is 2.23. The molecule has 1 aliphatic heterocycles. The fourth-order valence-electron chi connectivity index (χ4n) is 1.82. The molecule has 1 aliphatic rings. The van der Waals surface area contributed by atoms with Gasteiger partial charge in [-0.05, 0) is 63.9 Å². The van der Waals surface area contributed by atoms with Crippen molar-refractivity contribution < 1.29 is 0 Å². The SMILES string of the molecule is N#CC(c1cc(Br)c(Br)s1)N1CCCC1. The molecule has 0 amide bonds. The zero-order valence-corrected chi connectivity index (χ0v) is 12.0. The van der Waals surface area contributed by atoms with Crippen LogP contribution < -0.4 is 0 Å². The Morgan fingerprint density at radius 1 is 1.40 bits per heavy atom. The van der Waals surface area contributed by atoms with E-state index < -0.39 is 0 Å². The molecule has 1 fully saturated rings. The summed E-state index contributed by atoms with van der Waals surface area (Å²) in [7, 11) is 0. The fraction of sp³-hybridized carbons (Fsp3) is 0.500. The van der Waals surface area contributed by atoms with Crippen LogP contribution >= 0.6 is 43.2 Å². The Kier molecular flexibility index (Phi) is 3.83. The van der Waals surface area contributed by atoms with Crippen LogP contribution in [0.1, 0.15) is 23.8 Å². The van der Waals surface area contributed by atoms with Gasteiger partial charge in [0.2, 0.25) is 0 Å². The number of thiophene rings is 1. The van der Waals surface area contributed by atoms with Crippen molar-refractivity contribution in [3.63, 3.8) is 0 Å². The van der Waals surface area contributed by atoms with Crippen LogP contribution in [0, 0.1) is 11.3 Å². The molecular weight excluding hydrogens is 340 g/mol. The number of nitriles is 1. The van der Waals surface area contributed by atoms with Crippen molar-refractivity contribution in [3.8, 4) is 6.07 Å². The molecule has 1 saturated heterocycles. The Labute approximate surface area is 110 Å². The molecule has 1 atom stereocenters. The summed E-state index contributed by atoms with van der Waals surface area (Å²) in [6.45, 7) is 2.09. The van der Waals surface area contributed by atoms with Crippen LogP contribution in [0.15, 0.2) is 14.3 Å². The molecule has 0 aliphatic carbocycles. The van der Waals surface area contributed by atoms with Crippen LogP contribution in [-0.4, -0.2) is 18.0 Å². The van der Waals surface area contributed by atoms with E-state index in [1.54, 1.807) is 11.3 Å². The molecule has 2 rings (SSSR count). The van der Waals surface area contributed by atoms with Gasteiger partial charge in [0.05, 0.1) is 9.86 Å². The monoisotopic (exact) mass is 348 g/mol. The lowest BCUT2D eigenvalue weighted by atomic mass is 10.2. The fourth-order valence-corrected chi connectivity index (χ4v) is 3.99. The standard InChI is InChI=1S/C10H10Br2N2S/c11-7-5-9(15-10(7)12)8(6-13)14-3-1-2-4-14/h5,8H,1-4H2. The van der Waals surface area contributed by atoms with Crippen LogP contribution in [0.2, 0.25) is 0 Å². The highest BCUT2D eigenvalue weighted by Gasteiger charge is 2.25. The number of rotatable bonds is 2. The first-order valence-electron chi connectivity index (χ1n) is 4.81. The van der Waals surface area contributed by atoms with Crippen molar-refractivity contribution in [2.75, 3.05) is 13.1 Å². The minimum Gasteiger partial charge on any atom is -0.284 e. The largest absolute Gasteiger partial charge is 0.284 e. The predicted molar refractivity (Wildman–Crippen MR) is 68.9 cm³/mol. The van der Waals surface area contributed by atoms with Gasteiger partial charge in [-0.25, -0.2) is 0 Å². The van der Waals surface area contributed by atoms with E-state index in [-0.39, 0.29) is 6.04 Å². The van der Waals surface area contributed by atoms with Crippen LogP contribution in [0.3, 0.4) is 0 Å². The first kappa shape index (κ1) is 11.6. The molecule has 1 unspecified atom stereocenters. The van der Waals surface area contributed by atoms with E-state index in [1.165, 1.54) is 12.8 Å². The van der Waals surface area contributed by atoms with E-state index in [0.29, 0.717) is 0 Å². The highest BCUT2D eigenvalue weighted by Crippen LogP contribution is 2.37. The second-order valence-corrected chi connectivity index (χ2v) is 6.80. The summed E-state index contributed by atoms with van der Waals surface area (Å²) in [5, 5.41) is 9.22. The second kappa shape index (κ2) is 4.96. The normalized spacial score (nSPS) is 19.0. The van der Waals surface area contributed by atoms with Crippen LogP contribution in [-0.2, 0) is 0 Å². The number of halogens is 2. The zero-order chi connectivity index (χ0) is 10.8. The Hall–Kier alpha value is 0.110. The third-order valence-electron chi connectivity index (χ3n) is 2.56. The zero-order valence-electron chi connectivity index (χ0n) is 8.04. The van der Waals surface area contributed by atoms with Gasteiger partial charge in [-0.3, -0.25) is 4.90 Å². The predicted octanol–water partition coefficient (Wildman–Crippen LogP) is 3.93. The van der Waals surface area contributed by atoms with Crippen molar-refractivity contribution in [1.29, 1.82) is 5.26 Å². The quantitative estimate of drug-likeness (QED) is 0.808. The number of hydrogen-bond acceptors (Lipinski definition) is 3. The number of hydrogen-bond donors (Lipinski definition) is 0. The molecule has 0 aromatic carbocycles. The molecule has 2 heterocycles. The van der Waals surface area contributed by atoms with Gasteiger partial charge in [0, 0.05) is 9.35 Å². The molecular formula is C10H10Br2N2S. The molecule has 0 N–H and O–H groups in total. The minimum absolute atomic E-state index is 0.0694. The average Bonchev–Trinajstić information content (AvgIpc) is 2.80. The van der Waals surface area contributed by atoms with Crippen molar-refractivity contribution in [2.24, 2.45) is 0 Å². The summed E-state index contributed by atoms with van der Waals surface area (Å²) in [5.41, 5.74) is 0. The Morgan fingerprint density at radius 2 is 2.07 bits per heavy atom. The smallest absolute Gasteiger partial charge is 0.133 e. The summed E-state index contributed by atoms with van der Waals surface area (Å²) in [5.74, 6) is 0. The topological polar surface area (TPSA) is 27.0 Å². The van der Waals surface area contributed by atoms with E-state index in [0.717, 1.165) is 26.2 Å². The van der Waals surface area contributed by atoms with Gasteiger partial charge in [0.1, 0.15) is 6.04 Å². The van der Waals surface area contributed by atoms with Gasteiger partial charge >= 0.3 is 0 Å². The highest BCUT2D eigenvalue weighted by molar-refractivity contribution is 9.13. The highest BCUT2D eigenvalue weighted by atomic mass is 79.9. The van der Waals surface area contributed by atoms with Gasteiger partial charge in [-0.15, -0.1) is 11.3 Å². The first-order chi connectivity index (χ1) is 7.22. The van der Waals surface area contributed by atoms with Crippen LogP contribution in [0.5, 0.6) is 0 Å². The van der Waals surface area contributed by atoms with Crippen molar-refractivity contribution >= 4 is 43.2 Å². The Bertz CT molecular complexity index is 371. The molecule has 1 aromatic heterocycles. The summed E-state index contributed by atoms with van der Waals surface area (Å²) in [6.07, 6.45) is 2.43. The van der Waals surface area contributed by atoms with Gasteiger partial charge < -0.3 is 0 Å². The molecule has 0 bridgehead atoms. The lowest BCUT2D eigenvalue weighted by Crippen LogP contribution is -2.23. The number of likely N-dealkylation sites (tertiary alicyclic amines) is 1. The van der Waals surface area contributed by atoms with Gasteiger partial charge in [-0.2, -0.15) is 5.26 Å². The molecule has 15 heavy (non-hydrogen) atoms. The van der Waals surface area contributed by atoms with Crippen LogP contribution in [0.25, 0.3) is 0 Å². The third kappa shape index (κ3) is 2.44. The van der Waals surface area contributed by atoms with Crippen LogP contribution in [0.4, 0.5) is 0 Å². The number of nitrogens with zero attached hydrogens (tertiary/aromatic N) is 2. The minimum atomic E-state index is -0.0694. The molecule has 0 saturated carbocycles. The van der Waals surface area contributed by atoms with Gasteiger partial charge in [-0.1, -0.05) is 0 Å². The molecule has 0 spiro atoms. The molecule has 2 nitrogen and oxygen atoms in total. The maximum Gasteiger partial charge on any atom is 0.133 e. The lowest BCUT2D eigenvalue weighted by molar-refractivity contribution is 0.297. The summed E-state index contributed by atoms with van der Waals surface area (Å²) < 4.78 is 2.11. The van der Waals surface area contributed by atoms with E-state index in [2.05, 4.69) is 42.8 Å². The Morgan fingerprint density at radius 3 is 2.53 bits per heavy atom. The summed E-state index contributed by atoms with van der Waals surface area (Å²) >= 11 is 8.56. The maximum atomic E-state index is 9.22. The molecule has 0 radical (unpaired) electrons. The van der Waals surface area contributed by atoms with Gasteiger partial charge in [0.25, 0.3) is 0 Å². The van der Waals surface area contributed by atoms with E-state index >= 15 is 0 Å². The van der Waals surface area contributed by atoms with E-state index in [1.807, 2.05) is 6.07 Å². The molecule has 80 valence electrons. The van der Waals surface area contributed by atoms with Crippen molar-refractivity contribution in [1.82, 2.24) is 4.90 Å². The lowest BCUT2D eigenvalue weighted by Gasteiger charge is -2.19. The second-order valence-electron chi connectivity index (χ2n) is 3.55. The van der Waals surface area contributed by atoms with E-state index in [9.17, 15) is 5.26 Å². The average molecular weight is 350 g/mol. The summed E-state index contributed by atoms with van der Waals surface area (Å²) in [6, 6.07) is 4.37. The van der Waals surface area contributed by atoms with E-state index in [4.69, 9.17) is 0 Å². The van der Waals surface area contributed by atoms with Crippen molar-refractivity contribution in [3.05, 3.63) is 19.2 Å². The maximum absolute atomic E-state index is 9.22. The third-order valence-corrected chi connectivity index (χ3v) is 5.87. The first-order valence-corrected chi connectivity index (χ1v) is 7.21. The van der Waals surface area contributed by atoms with Crippen molar-refractivity contribution in [2.45, 2.75) is 18.9 Å². The molecule has 1 aromatic rings. The summed E-state index contributed by atoms with van der Waals surface area (Å²) in [4.78, 5) is 3.38. The van der Waals surface area contributed by atoms with Gasteiger partial charge in [0.15, 0.2) is 0 Å².